The Hall–Kier alpha value is -1.13. The van der Waals surface area contributed by atoms with Gasteiger partial charge in [-0.05, 0) is 86.3 Å². The van der Waals surface area contributed by atoms with Gasteiger partial charge in [-0.1, -0.05) is 95.8 Å². The fourth-order valence-electron chi connectivity index (χ4n) is 4.19. The van der Waals surface area contributed by atoms with E-state index in [1.165, 1.54) is 76.8 Å². The van der Waals surface area contributed by atoms with E-state index in [0.717, 1.165) is 0 Å². The van der Waals surface area contributed by atoms with Crippen molar-refractivity contribution in [3.63, 3.8) is 0 Å². The van der Waals surface area contributed by atoms with Gasteiger partial charge in [0, 0.05) is 0 Å². The van der Waals surface area contributed by atoms with Gasteiger partial charge in [-0.2, -0.15) is 0 Å². The zero-order chi connectivity index (χ0) is 20.9. The number of hydrogen-bond acceptors (Lipinski definition) is 0. The van der Waals surface area contributed by atoms with Gasteiger partial charge in [-0.15, -0.1) is 0 Å². The molecule has 0 amide bonds. The SMILES string of the molecule is CCCCc1ccc(P(CCCC)c2ccccc2)c(CCCC)c1CCCC. The van der Waals surface area contributed by atoms with Crippen molar-refractivity contribution >= 4 is 18.5 Å². The van der Waals surface area contributed by atoms with Crippen molar-refractivity contribution < 1.29 is 0 Å². The van der Waals surface area contributed by atoms with Crippen molar-refractivity contribution in [3.05, 3.63) is 59.2 Å². The number of unbranched alkanes of at least 4 members (excludes halogenated alkanes) is 4. The van der Waals surface area contributed by atoms with Crippen LogP contribution >= 0.6 is 7.92 Å². The maximum atomic E-state index is 2.54. The smallest absolute Gasteiger partial charge is 0.0160 e. The van der Waals surface area contributed by atoms with Gasteiger partial charge in [0.2, 0.25) is 0 Å². The monoisotopic (exact) mass is 410 g/mol. The molecule has 0 radical (unpaired) electrons. The van der Waals surface area contributed by atoms with Crippen LogP contribution in [0.2, 0.25) is 0 Å². The van der Waals surface area contributed by atoms with Crippen molar-refractivity contribution in [1.29, 1.82) is 0 Å². The zero-order valence-electron chi connectivity index (χ0n) is 19.5. The molecule has 0 fully saturated rings. The Balaban J connectivity index is 2.55. The highest BCUT2D eigenvalue weighted by Gasteiger charge is 2.20. The molecule has 2 aromatic carbocycles. The van der Waals surface area contributed by atoms with Crippen LogP contribution in [0.5, 0.6) is 0 Å². The van der Waals surface area contributed by atoms with E-state index in [2.05, 4.69) is 70.2 Å². The molecular weight excluding hydrogens is 367 g/mol. The third-order valence-corrected chi connectivity index (χ3v) is 8.64. The average Bonchev–Trinajstić information content (AvgIpc) is 2.76. The lowest BCUT2D eigenvalue weighted by Crippen LogP contribution is -2.21. The van der Waals surface area contributed by atoms with Crippen LogP contribution in [-0.2, 0) is 19.3 Å². The molecule has 1 unspecified atom stereocenters. The summed E-state index contributed by atoms with van der Waals surface area (Å²) in [6, 6.07) is 16.4. The second-order valence-electron chi connectivity index (χ2n) is 8.35. The molecule has 0 aliphatic rings. The largest absolute Gasteiger partial charge is 0.0654 e. The Bertz CT molecular complexity index is 689. The molecule has 0 nitrogen and oxygen atoms in total. The Morgan fingerprint density at radius 3 is 1.79 bits per heavy atom. The Labute approximate surface area is 182 Å². The van der Waals surface area contributed by atoms with Crippen molar-refractivity contribution in [2.24, 2.45) is 0 Å². The van der Waals surface area contributed by atoms with Gasteiger partial charge in [0.05, 0.1) is 0 Å². The zero-order valence-corrected chi connectivity index (χ0v) is 20.4. The predicted molar refractivity (Wildman–Crippen MR) is 135 cm³/mol. The molecule has 0 aliphatic carbocycles. The Morgan fingerprint density at radius 2 is 1.17 bits per heavy atom. The lowest BCUT2D eigenvalue weighted by Gasteiger charge is -2.26. The molecule has 29 heavy (non-hydrogen) atoms. The predicted octanol–water partition coefficient (Wildman–Crippen LogP) is 7.95. The summed E-state index contributed by atoms with van der Waals surface area (Å²) in [4.78, 5) is 0. The summed E-state index contributed by atoms with van der Waals surface area (Å²) in [6.45, 7) is 9.32. The molecule has 0 spiro atoms. The molecule has 0 aliphatic heterocycles. The third-order valence-electron chi connectivity index (χ3n) is 5.96. The van der Waals surface area contributed by atoms with E-state index in [0.29, 0.717) is 0 Å². The highest BCUT2D eigenvalue weighted by atomic mass is 31.1. The summed E-state index contributed by atoms with van der Waals surface area (Å²) in [5, 5.41) is 3.26. The lowest BCUT2D eigenvalue weighted by atomic mass is 9.91. The maximum absolute atomic E-state index is 2.54. The van der Waals surface area contributed by atoms with Crippen molar-refractivity contribution in [3.8, 4) is 0 Å². The van der Waals surface area contributed by atoms with Crippen molar-refractivity contribution in [2.45, 2.75) is 98.3 Å². The second kappa shape index (κ2) is 14.0. The maximum Gasteiger partial charge on any atom is -0.0160 e. The Kier molecular flexibility index (Phi) is 11.6. The topological polar surface area (TPSA) is 0 Å². The minimum Gasteiger partial charge on any atom is -0.0654 e. The molecule has 0 heterocycles. The summed E-state index contributed by atoms with van der Waals surface area (Å²) >= 11 is 0. The van der Waals surface area contributed by atoms with Crippen LogP contribution in [-0.4, -0.2) is 6.16 Å². The fourth-order valence-corrected chi connectivity index (χ4v) is 6.96. The van der Waals surface area contributed by atoms with Gasteiger partial charge < -0.3 is 0 Å². The third kappa shape index (κ3) is 7.25. The molecule has 0 bridgehead atoms. The number of hydrogen-bond donors (Lipinski definition) is 0. The van der Waals surface area contributed by atoms with Gasteiger partial charge in [-0.25, -0.2) is 0 Å². The molecule has 160 valence electrons. The summed E-state index contributed by atoms with van der Waals surface area (Å²) in [5.74, 6) is 0. The molecule has 0 saturated heterocycles. The first-order valence-electron chi connectivity index (χ1n) is 12.2. The van der Waals surface area contributed by atoms with E-state index in [-0.39, 0.29) is 7.92 Å². The van der Waals surface area contributed by atoms with Gasteiger partial charge in [0.15, 0.2) is 0 Å². The molecule has 0 N–H and O–H groups in total. The van der Waals surface area contributed by atoms with E-state index in [9.17, 15) is 0 Å². The van der Waals surface area contributed by atoms with E-state index in [4.69, 9.17) is 0 Å². The van der Waals surface area contributed by atoms with Gasteiger partial charge in [-0.3, -0.25) is 0 Å². The first kappa shape index (κ1) is 24.1. The minimum absolute atomic E-state index is 0.251. The molecule has 0 saturated carbocycles. The minimum atomic E-state index is -0.251. The van der Waals surface area contributed by atoms with Crippen LogP contribution in [0, 0.1) is 0 Å². The number of rotatable bonds is 14. The number of benzene rings is 2. The van der Waals surface area contributed by atoms with Crippen molar-refractivity contribution in [1.82, 2.24) is 0 Å². The normalized spacial score (nSPS) is 12.3. The molecule has 1 heteroatoms. The summed E-state index contributed by atoms with van der Waals surface area (Å²) in [6.07, 6.45) is 15.5. The van der Waals surface area contributed by atoms with Gasteiger partial charge in [0.1, 0.15) is 0 Å². The van der Waals surface area contributed by atoms with E-state index >= 15 is 0 Å². The summed E-state index contributed by atoms with van der Waals surface area (Å²) < 4.78 is 0. The van der Waals surface area contributed by atoms with Gasteiger partial charge in [0.25, 0.3) is 0 Å². The van der Waals surface area contributed by atoms with E-state index in [1.54, 1.807) is 27.3 Å². The number of aryl methyl sites for hydroxylation is 1. The Morgan fingerprint density at radius 1 is 0.586 bits per heavy atom. The highest BCUT2D eigenvalue weighted by molar-refractivity contribution is 7.73. The van der Waals surface area contributed by atoms with Crippen molar-refractivity contribution in [2.75, 3.05) is 6.16 Å². The van der Waals surface area contributed by atoms with Crippen LogP contribution in [0.3, 0.4) is 0 Å². The van der Waals surface area contributed by atoms with Crippen LogP contribution in [0.15, 0.2) is 42.5 Å². The van der Waals surface area contributed by atoms with E-state index < -0.39 is 0 Å². The molecule has 0 aromatic heterocycles. The quantitative estimate of drug-likeness (QED) is 0.277. The molecule has 2 aromatic rings. The molecular formula is C28H43P. The molecule has 1 atom stereocenters. The molecule has 2 rings (SSSR count). The first-order chi connectivity index (χ1) is 14.3. The van der Waals surface area contributed by atoms with Crippen LogP contribution < -0.4 is 10.6 Å². The van der Waals surface area contributed by atoms with Crippen LogP contribution in [0.1, 0.15) is 95.8 Å². The van der Waals surface area contributed by atoms with Crippen LogP contribution in [0.4, 0.5) is 0 Å². The average molecular weight is 411 g/mol. The first-order valence-corrected chi connectivity index (χ1v) is 13.8. The van der Waals surface area contributed by atoms with E-state index in [1.807, 2.05) is 0 Å². The van der Waals surface area contributed by atoms with Gasteiger partial charge >= 0.3 is 0 Å². The standard InChI is InChI=1S/C28H43P/c1-5-9-16-24-21-22-28(27(20-11-7-3)26(24)19-10-6-2)29(23-12-8-4)25-17-14-13-15-18-25/h13-15,17-18,21-22H,5-12,16,19-20,23H2,1-4H3. The summed E-state index contributed by atoms with van der Waals surface area (Å²) in [5.41, 5.74) is 5.11. The van der Waals surface area contributed by atoms with Crippen LogP contribution in [0.25, 0.3) is 0 Å². The second-order valence-corrected chi connectivity index (χ2v) is 10.7. The lowest BCUT2D eigenvalue weighted by molar-refractivity contribution is 0.737. The summed E-state index contributed by atoms with van der Waals surface area (Å²) in [7, 11) is -0.251. The highest BCUT2D eigenvalue weighted by Crippen LogP contribution is 2.38. The fraction of sp³-hybridized carbons (Fsp3) is 0.571.